The minimum Gasteiger partial charge on any atom is -0.390 e. The summed E-state index contributed by atoms with van der Waals surface area (Å²) >= 11 is 5.78. The van der Waals surface area contributed by atoms with Crippen LogP contribution in [-0.2, 0) is 0 Å². The van der Waals surface area contributed by atoms with Crippen molar-refractivity contribution in [2.75, 3.05) is 6.54 Å². The van der Waals surface area contributed by atoms with Crippen molar-refractivity contribution in [3.8, 4) is 0 Å². The Hall–Kier alpha value is -0.950. The first kappa shape index (κ1) is 7.69. The second-order valence-corrected chi connectivity index (χ2v) is 3.32. The van der Waals surface area contributed by atoms with Gasteiger partial charge in [0, 0.05) is 17.8 Å². The SMILES string of the molecule is Clc1ccc(C2=CNCC2)cc1. The molecule has 0 atom stereocenters. The van der Waals surface area contributed by atoms with E-state index in [2.05, 4.69) is 23.6 Å². The van der Waals surface area contributed by atoms with Gasteiger partial charge in [-0.15, -0.1) is 0 Å². The van der Waals surface area contributed by atoms with Crippen LogP contribution in [0.3, 0.4) is 0 Å². The maximum Gasteiger partial charge on any atom is 0.0406 e. The lowest BCUT2D eigenvalue weighted by molar-refractivity contribution is 0.920. The van der Waals surface area contributed by atoms with Crippen LogP contribution in [0.15, 0.2) is 30.5 Å². The van der Waals surface area contributed by atoms with E-state index in [-0.39, 0.29) is 0 Å². The zero-order valence-electron chi connectivity index (χ0n) is 6.68. The lowest BCUT2D eigenvalue weighted by atomic mass is 10.1. The first-order valence-corrected chi connectivity index (χ1v) is 4.42. The summed E-state index contributed by atoms with van der Waals surface area (Å²) in [5.74, 6) is 0. The molecule has 12 heavy (non-hydrogen) atoms. The van der Waals surface area contributed by atoms with E-state index in [4.69, 9.17) is 11.6 Å². The Morgan fingerprint density at radius 3 is 2.50 bits per heavy atom. The van der Waals surface area contributed by atoms with Gasteiger partial charge < -0.3 is 5.32 Å². The van der Waals surface area contributed by atoms with Gasteiger partial charge in [0.25, 0.3) is 0 Å². The van der Waals surface area contributed by atoms with Gasteiger partial charge >= 0.3 is 0 Å². The van der Waals surface area contributed by atoms with Crippen molar-refractivity contribution in [1.82, 2.24) is 5.32 Å². The highest BCUT2D eigenvalue weighted by Crippen LogP contribution is 2.21. The van der Waals surface area contributed by atoms with Gasteiger partial charge in [0.1, 0.15) is 0 Å². The average Bonchev–Trinajstić information content (AvgIpc) is 2.58. The zero-order chi connectivity index (χ0) is 8.39. The minimum atomic E-state index is 0.797. The van der Waals surface area contributed by atoms with Crippen LogP contribution in [0.25, 0.3) is 5.57 Å². The number of nitrogens with one attached hydrogen (secondary N) is 1. The van der Waals surface area contributed by atoms with Gasteiger partial charge in [0.15, 0.2) is 0 Å². The Bertz CT molecular complexity index is 300. The van der Waals surface area contributed by atoms with E-state index in [1.807, 2.05) is 12.1 Å². The fourth-order valence-corrected chi connectivity index (χ4v) is 1.49. The predicted octanol–water partition coefficient (Wildman–Crippen LogP) is 2.67. The fraction of sp³-hybridized carbons (Fsp3) is 0.200. The zero-order valence-corrected chi connectivity index (χ0v) is 7.43. The van der Waals surface area contributed by atoms with Crippen molar-refractivity contribution in [3.05, 3.63) is 41.1 Å². The molecule has 62 valence electrons. The highest BCUT2D eigenvalue weighted by Gasteiger charge is 2.05. The van der Waals surface area contributed by atoms with E-state index in [1.165, 1.54) is 11.1 Å². The summed E-state index contributed by atoms with van der Waals surface area (Å²) in [6.45, 7) is 1.05. The third-order valence-electron chi connectivity index (χ3n) is 2.03. The van der Waals surface area contributed by atoms with Crippen molar-refractivity contribution in [1.29, 1.82) is 0 Å². The van der Waals surface area contributed by atoms with Gasteiger partial charge in [0.05, 0.1) is 0 Å². The summed E-state index contributed by atoms with van der Waals surface area (Å²) in [4.78, 5) is 0. The quantitative estimate of drug-likeness (QED) is 0.699. The Balaban J connectivity index is 2.28. The molecule has 0 saturated carbocycles. The molecule has 0 aliphatic carbocycles. The van der Waals surface area contributed by atoms with Crippen LogP contribution in [0.5, 0.6) is 0 Å². The van der Waals surface area contributed by atoms with Gasteiger partial charge in [-0.05, 0) is 29.7 Å². The smallest absolute Gasteiger partial charge is 0.0406 e. The molecule has 0 fully saturated rings. The molecule has 0 spiro atoms. The molecule has 0 saturated heterocycles. The van der Waals surface area contributed by atoms with Crippen LogP contribution < -0.4 is 5.32 Å². The molecule has 1 nitrogen and oxygen atoms in total. The highest BCUT2D eigenvalue weighted by atomic mass is 35.5. The van der Waals surface area contributed by atoms with E-state index in [9.17, 15) is 0 Å². The molecule has 1 aliphatic heterocycles. The molecular weight excluding hydrogens is 170 g/mol. The lowest BCUT2D eigenvalue weighted by Gasteiger charge is -1.99. The van der Waals surface area contributed by atoms with E-state index >= 15 is 0 Å². The highest BCUT2D eigenvalue weighted by molar-refractivity contribution is 6.30. The molecule has 0 amide bonds. The van der Waals surface area contributed by atoms with Crippen LogP contribution in [-0.4, -0.2) is 6.54 Å². The number of benzene rings is 1. The normalized spacial score (nSPS) is 15.6. The van der Waals surface area contributed by atoms with Crippen molar-refractivity contribution < 1.29 is 0 Å². The fourth-order valence-electron chi connectivity index (χ4n) is 1.37. The van der Waals surface area contributed by atoms with E-state index in [1.54, 1.807) is 0 Å². The molecular formula is C10H10ClN. The second kappa shape index (κ2) is 3.20. The summed E-state index contributed by atoms with van der Waals surface area (Å²) in [5.41, 5.74) is 2.64. The second-order valence-electron chi connectivity index (χ2n) is 2.88. The number of rotatable bonds is 1. The first-order valence-electron chi connectivity index (χ1n) is 4.04. The standard InChI is InChI=1S/C10H10ClN/c11-10-3-1-8(2-4-10)9-5-6-12-7-9/h1-4,7,12H,5-6H2. The van der Waals surface area contributed by atoms with E-state index < -0.39 is 0 Å². The molecule has 0 bridgehead atoms. The van der Waals surface area contributed by atoms with Crippen LogP contribution in [0.2, 0.25) is 5.02 Å². The molecule has 0 unspecified atom stereocenters. The summed E-state index contributed by atoms with van der Waals surface area (Å²) in [5, 5.41) is 3.99. The maximum absolute atomic E-state index is 5.78. The Kier molecular flexibility index (Phi) is 2.05. The summed E-state index contributed by atoms with van der Waals surface area (Å²) in [6, 6.07) is 7.97. The van der Waals surface area contributed by atoms with Crippen LogP contribution >= 0.6 is 11.6 Å². The van der Waals surface area contributed by atoms with Gasteiger partial charge in [-0.1, -0.05) is 23.7 Å². The van der Waals surface area contributed by atoms with Crippen molar-refractivity contribution in [2.24, 2.45) is 0 Å². The summed E-state index contributed by atoms with van der Waals surface area (Å²) in [6.07, 6.45) is 3.19. The first-order chi connectivity index (χ1) is 5.86. The van der Waals surface area contributed by atoms with Crippen molar-refractivity contribution in [2.45, 2.75) is 6.42 Å². The third kappa shape index (κ3) is 1.46. The topological polar surface area (TPSA) is 12.0 Å². The summed E-state index contributed by atoms with van der Waals surface area (Å²) in [7, 11) is 0. The number of halogens is 1. The largest absolute Gasteiger partial charge is 0.390 e. The molecule has 0 radical (unpaired) electrons. The van der Waals surface area contributed by atoms with E-state index in [0.717, 1.165) is 18.0 Å². The average molecular weight is 180 g/mol. The van der Waals surface area contributed by atoms with Gasteiger partial charge in [-0.3, -0.25) is 0 Å². The van der Waals surface area contributed by atoms with Crippen molar-refractivity contribution >= 4 is 17.2 Å². The van der Waals surface area contributed by atoms with Crippen LogP contribution in [0.1, 0.15) is 12.0 Å². The summed E-state index contributed by atoms with van der Waals surface area (Å²) < 4.78 is 0. The Morgan fingerprint density at radius 2 is 1.92 bits per heavy atom. The molecule has 1 aromatic carbocycles. The predicted molar refractivity (Wildman–Crippen MR) is 52.0 cm³/mol. The lowest BCUT2D eigenvalue weighted by Crippen LogP contribution is -1.96. The van der Waals surface area contributed by atoms with Crippen molar-refractivity contribution in [3.63, 3.8) is 0 Å². The molecule has 2 rings (SSSR count). The Morgan fingerprint density at radius 1 is 1.17 bits per heavy atom. The number of hydrogen-bond acceptors (Lipinski definition) is 1. The van der Waals surface area contributed by atoms with E-state index in [0.29, 0.717) is 0 Å². The molecule has 2 heteroatoms. The third-order valence-corrected chi connectivity index (χ3v) is 2.28. The minimum absolute atomic E-state index is 0.797. The molecule has 1 aromatic rings. The van der Waals surface area contributed by atoms with Gasteiger partial charge in [-0.2, -0.15) is 0 Å². The maximum atomic E-state index is 5.78. The number of hydrogen-bond donors (Lipinski definition) is 1. The van der Waals surface area contributed by atoms with Gasteiger partial charge in [-0.25, -0.2) is 0 Å². The van der Waals surface area contributed by atoms with Gasteiger partial charge in [0.2, 0.25) is 0 Å². The molecule has 1 aliphatic rings. The van der Waals surface area contributed by atoms with Crippen LogP contribution in [0, 0.1) is 0 Å². The molecule has 0 aromatic heterocycles. The Labute approximate surface area is 77.0 Å². The monoisotopic (exact) mass is 179 g/mol. The van der Waals surface area contributed by atoms with Crippen LogP contribution in [0.4, 0.5) is 0 Å². The molecule has 1 N–H and O–H groups in total. The molecule has 1 heterocycles.